The molecule has 3 N–H and O–H groups in total. The Balaban J connectivity index is 1.43. The van der Waals surface area contributed by atoms with Gasteiger partial charge in [0.15, 0.2) is 11.5 Å². The summed E-state index contributed by atoms with van der Waals surface area (Å²) in [5.41, 5.74) is 2.74. The van der Waals surface area contributed by atoms with Gasteiger partial charge in [-0.3, -0.25) is 14.4 Å². The minimum absolute atomic E-state index is 0.0431. The summed E-state index contributed by atoms with van der Waals surface area (Å²) in [6, 6.07) is 35.9. The molecule has 9 nitrogen and oxygen atoms in total. The third kappa shape index (κ3) is 9.34. The summed E-state index contributed by atoms with van der Waals surface area (Å²) >= 11 is 4.77. The number of ether oxygens (including phenoxy) is 3. The van der Waals surface area contributed by atoms with Gasteiger partial charge in [0.2, 0.25) is 5.91 Å². The Labute approximate surface area is 303 Å². The van der Waals surface area contributed by atoms with E-state index < -0.39 is 17.1 Å². The summed E-state index contributed by atoms with van der Waals surface area (Å²) in [5.74, 6) is -0.00604. The molecule has 5 aromatic carbocycles. The quantitative estimate of drug-likeness (QED) is 0.0819. The average Bonchev–Trinajstić information content (AvgIpc) is 3.15. The maximum Gasteiger partial charge on any atom is 0.272 e. The minimum Gasteiger partial charge on any atom is -0.496 e. The van der Waals surface area contributed by atoms with Gasteiger partial charge in [-0.1, -0.05) is 70.5 Å². The number of carbonyl (C=O) groups excluding carboxylic acids is 3. The Morgan fingerprint density at radius 2 is 1.32 bits per heavy atom. The molecule has 0 fully saturated rings. The number of benzene rings is 5. The van der Waals surface area contributed by atoms with Gasteiger partial charge in [0.1, 0.15) is 16.7 Å². The average molecular weight is 753 g/mol. The standard InChI is InChI=1S/C39H34BrN3O6S/c1-47-33-24-35(49-3)34(48-2)22-27(33)21-32(43-37(44)26-13-8-5-9-14-26)38(45)42-30-15-10-16-31(23-30)50-36(25-11-6-4-7-12-25)39(46)41-29-19-17-28(40)18-20-29/h4-24,36H,1-3H3,(H,41,46)(H,42,45)(H,43,44)/b32-21+. The predicted molar refractivity (Wildman–Crippen MR) is 201 cm³/mol. The van der Waals surface area contributed by atoms with E-state index in [4.69, 9.17) is 14.2 Å². The second-order valence-electron chi connectivity index (χ2n) is 10.7. The molecule has 5 aromatic rings. The molecule has 1 unspecified atom stereocenters. The highest BCUT2D eigenvalue weighted by molar-refractivity contribution is 9.10. The monoisotopic (exact) mass is 751 g/mol. The van der Waals surface area contributed by atoms with Crippen LogP contribution in [0.25, 0.3) is 6.08 Å². The highest BCUT2D eigenvalue weighted by atomic mass is 79.9. The van der Waals surface area contributed by atoms with Crippen molar-refractivity contribution in [2.24, 2.45) is 0 Å². The number of rotatable bonds is 13. The van der Waals surface area contributed by atoms with Crippen LogP contribution in [0.3, 0.4) is 0 Å². The highest BCUT2D eigenvalue weighted by Crippen LogP contribution is 2.38. The molecule has 0 aliphatic carbocycles. The van der Waals surface area contributed by atoms with Crippen molar-refractivity contribution in [3.05, 3.63) is 148 Å². The number of thioether (sulfide) groups is 1. The molecule has 3 amide bonds. The van der Waals surface area contributed by atoms with Crippen LogP contribution in [0.15, 0.2) is 136 Å². The van der Waals surface area contributed by atoms with Crippen molar-refractivity contribution in [3.8, 4) is 17.2 Å². The van der Waals surface area contributed by atoms with Gasteiger partial charge in [-0.05, 0) is 72.3 Å². The summed E-state index contributed by atoms with van der Waals surface area (Å²) in [5, 5.41) is 8.06. The molecular weight excluding hydrogens is 718 g/mol. The largest absolute Gasteiger partial charge is 0.496 e. The lowest BCUT2D eigenvalue weighted by atomic mass is 10.1. The highest BCUT2D eigenvalue weighted by Gasteiger charge is 2.23. The third-order valence-electron chi connectivity index (χ3n) is 7.36. The Morgan fingerprint density at radius 1 is 0.680 bits per heavy atom. The summed E-state index contributed by atoms with van der Waals surface area (Å²) in [4.78, 5) is 41.5. The van der Waals surface area contributed by atoms with Gasteiger partial charge in [-0.15, -0.1) is 11.8 Å². The SMILES string of the molecule is COc1cc(OC)c(OC)cc1/C=C(/NC(=O)c1ccccc1)C(=O)Nc1cccc(SC(C(=O)Nc2ccc(Br)cc2)c2ccccc2)c1. The van der Waals surface area contributed by atoms with Gasteiger partial charge in [0.05, 0.1) is 21.3 Å². The molecule has 5 rings (SSSR count). The van der Waals surface area contributed by atoms with Crippen molar-refractivity contribution in [2.75, 3.05) is 32.0 Å². The minimum atomic E-state index is -0.594. The predicted octanol–water partition coefficient (Wildman–Crippen LogP) is 8.36. The fourth-order valence-electron chi connectivity index (χ4n) is 4.89. The molecule has 0 saturated heterocycles. The van der Waals surface area contributed by atoms with Crippen LogP contribution in [0.2, 0.25) is 0 Å². The Morgan fingerprint density at radius 3 is 1.98 bits per heavy atom. The maximum absolute atomic E-state index is 13.9. The fourth-order valence-corrected chi connectivity index (χ4v) is 6.23. The second kappa shape index (κ2) is 17.2. The molecule has 0 aliphatic heterocycles. The normalized spacial score (nSPS) is 11.6. The summed E-state index contributed by atoms with van der Waals surface area (Å²) in [7, 11) is 4.50. The van der Waals surface area contributed by atoms with Gasteiger partial charge >= 0.3 is 0 Å². The summed E-state index contributed by atoms with van der Waals surface area (Å²) < 4.78 is 17.3. The van der Waals surface area contributed by atoms with Crippen LogP contribution in [-0.4, -0.2) is 39.1 Å². The van der Waals surface area contributed by atoms with Crippen LogP contribution < -0.4 is 30.2 Å². The van der Waals surface area contributed by atoms with Gasteiger partial charge in [-0.25, -0.2) is 0 Å². The van der Waals surface area contributed by atoms with Crippen molar-refractivity contribution in [2.45, 2.75) is 10.1 Å². The van der Waals surface area contributed by atoms with Crippen molar-refractivity contribution in [3.63, 3.8) is 0 Å². The number of carbonyl (C=O) groups is 3. The number of nitrogens with one attached hydrogen (secondary N) is 3. The van der Waals surface area contributed by atoms with Gasteiger partial charge in [0.25, 0.3) is 11.8 Å². The Bertz CT molecular complexity index is 1990. The van der Waals surface area contributed by atoms with Gasteiger partial charge in [-0.2, -0.15) is 0 Å². The first-order chi connectivity index (χ1) is 24.3. The molecular formula is C39H34BrN3O6S. The van der Waals surface area contributed by atoms with Crippen molar-refractivity contribution < 1.29 is 28.6 Å². The van der Waals surface area contributed by atoms with Crippen LogP contribution >= 0.6 is 27.7 Å². The van der Waals surface area contributed by atoms with Crippen LogP contribution in [0.4, 0.5) is 11.4 Å². The van der Waals surface area contributed by atoms with Crippen LogP contribution in [-0.2, 0) is 9.59 Å². The topological polar surface area (TPSA) is 115 Å². The van der Waals surface area contributed by atoms with E-state index in [0.717, 1.165) is 14.9 Å². The zero-order valence-corrected chi connectivity index (χ0v) is 29.8. The fraction of sp³-hybridized carbons (Fsp3) is 0.103. The lowest BCUT2D eigenvalue weighted by Crippen LogP contribution is -2.30. The second-order valence-corrected chi connectivity index (χ2v) is 12.8. The molecule has 254 valence electrons. The van der Waals surface area contributed by atoms with E-state index in [9.17, 15) is 14.4 Å². The molecule has 0 bridgehead atoms. The first-order valence-electron chi connectivity index (χ1n) is 15.4. The summed E-state index contributed by atoms with van der Waals surface area (Å²) in [6.45, 7) is 0. The van der Waals surface area contributed by atoms with Gasteiger partial charge < -0.3 is 30.2 Å². The van der Waals surface area contributed by atoms with Gasteiger partial charge in [0, 0.05) is 37.9 Å². The molecule has 0 aliphatic rings. The van der Waals surface area contributed by atoms with E-state index in [2.05, 4.69) is 31.9 Å². The Kier molecular flexibility index (Phi) is 12.3. The lowest BCUT2D eigenvalue weighted by Gasteiger charge is -2.18. The molecule has 11 heteroatoms. The number of anilines is 2. The summed E-state index contributed by atoms with van der Waals surface area (Å²) in [6.07, 6.45) is 1.51. The molecule has 0 radical (unpaired) electrons. The van der Waals surface area contributed by atoms with Crippen molar-refractivity contribution in [1.29, 1.82) is 0 Å². The molecule has 0 spiro atoms. The number of hydrogen-bond acceptors (Lipinski definition) is 7. The number of methoxy groups -OCH3 is 3. The lowest BCUT2D eigenvalue weighted by molar-refractivity contribution is -0.116. The molecule has 0 heterocycles. The maximum atomic E-state index is 13.9. The van der Waals surface area contributed by atoms with E-state index in [1.165, 1.54) is 39.2 Å². The van der Waals surface area contributed by atoms with Crippen LogP contribution in [0.5, 0.6) is 17.2 Å². The smallest absolute Gasteiger partial charge is 0.272 e. The first kappa shape index (κ1) is 35.8. The van der Waals surface area contributed by atoms with Crippen LogP contribution in [0.1, 0.15) is 26.7 Å². The zero-order chi connectivity index (χ0) is 35.5. The number of halogens is 1. The third-order valence-corrected chi connectivity index (χ3v) is 9.14. The Hall–Kier alpha value is -5.52. The van der Waals surface area contributed by atoms with Crippen molar-refractivity contribution in [1.82, 2.24) is 5.32 Å². The van der Waals surface area contributed by atoms with Crippen LogP contribution in [0, 0.1) is 0 Å². The number of hydrogen-bond donors (Lipinski definition) is 3. The number of amides is 3. The molecule has 0 saturated carbocycles. The van der Waals surface area contributed by atoms with Crippen molar-refractivity contribution >= 4 is 62.9 Å². The zero-order valence-electron chi connectivity index (χ0n) is 27.4. The van der Waals surface area contributed by atoms with E-state index in [0.29, 0.717) is 39.8 Å². The van der Waals surface area contributed by atoms with E-state index in [1.54, 1.807) is 60.7 Å². The van der Waals surface area contributed by atoms with E-state index in [1.807, 2.05) is 60.7 Å². The molecule has 1 atom stereocenters. The van der Waals surface area contributed by atoms with E-state index >= 15 is 0 Å². The molecule has 50 heavy (non-hydrogen) atoms. The molecule has 0 aromatic heterocycles. The first-order valence-corrected chi connectivity index (χ1v) is 17.0. The van der Waals surface area contributed by atoms with E-state index in [-0.39, 0.29) is 11.6 Å².